The van der Waals surface area contributed by atoms with Gasteiger partial charge < -0.3 is 5.21 Å². The van der Waals surface area contributed by atoms with Gasteiger partial charge in [0.1, 0.15) is 5.67 Å². The molecule has 0 radical (unpaired) electrons. The summed E-state index contributed by atoms with van der Waals surface area (Å²) in [6.45, 7) is 1.96. The van der Waals surface area contributed by atoms with Crippen LogP contribution in [-0.4, -0.2) is 68.3 Å². The van der Waals surface area contributed by atoms with E-state index < -0.39 is 64.6 Å². The van der Waals surface area contributed by atoms with Crippen LogP contribution in [0.1, 0.15) is 46.0 Å². The molecule has 182 valence electrons. The molecule has 0 saturated heterocycles. The van der Waals surface area contributed by atoms with E-state index in [0.717, 1.165) is 18.9 Å². The van der Waals surface area contributed by atoms with E-state index in [-0.39, 0.29) is 25.9 Å². The van der Waals surface area contributed by atoms with Crippen LogP contribution in [0, 0.1) is 5.92 Å². The maximum Gasteiger partial charge on any atom is 0.431 e. The van der Waals surface area contributed by atoms with Crippen LogP contribution < -0.4 is 4.72 Å². The fourth-order valence-electron chi connectivity index (χ4n) is 2.92. The fraction of sp³-hybridized carbons (Fsp3) is 1.00. The summed E-state index contributed by atoms with van der Waals surface area (Å²) in [6.07, 6.45) is -16.1. The van der Waals surface area contributed by atoms with Gasteiger partial charge in [-0.1, -0.05) is 0 Å². The zero-order valence-corrected chi connectivity index (χ0v) is 17.7. The summed E-state index contributed by atoms with van der Waals surface area (Å²) in [5.74, 6) is -2.33. The van der Waals surface area contributed by atoms with Crippen molar-refractivity contribution in [1.29, 1.82) is 0 Å². The second-order valence-corrected chi connectivity index (χ2v) is 9.81. The van der Waals surface area contributed by atoms with Gasteiger partial charge >= 0.3 is 12.4 Å². The van der Waals surface area contributed by atoms with E-state index in [9.17, 15) is 43.5 Å². The zero-order chi connectivity index (χ0) is 24.0. The van der Waals surface area contributed by atoms with Crippen molar-refractivity contribution >= 4 is 10.0 Å². The van der Waals surface area contributed by atoms with Gasteiger partial charge in [-0.05, 0) is 45.4 Å². The van der Waals surface area contributed by atoms with E-state index in [1.807, 2.05) is 0 Å². The predicted octanol–water partition coefficient (Wildman–Crippen LogP) is 4.37. The van der Waals surface area contributed by atoms with E-state index in [1.54, 1.807) is 0 Å². The molecule has 0 aliphatic rings. The standard InChI is InChI=1S/C16H28F8N2O3S/c1-13(2,17)10-12(11-14(18,15(19,20)21)16(22,23)24)6-4-9-30(28,29)25-7-5-8-26(3)27/h12,25,27H,4-11H2,1-3H3. The Kier molecular flexibility index (Phi) is 10.5. The molecule has 1 unspecified atom stereocenters. The van der Waals surface area contributed by atoms with Gasteiger partial charge in [-0.15, -0.1) is 0 Å². The average Bonchev–Trinajstić information content (AvgIpc) is 2.47. The average molecular weight is 480 g/mol. The minimum Gasteiger partial charge on any atom is -0.314 e. The summed E-state index contributed by atoms with van der Waals surface area (Å²) >= 11 is 0. The van der Waals surface area contributed by atoms with Crippen molar-refractivity contribution in [2.45, 2.75) is 69.6 Å². The minimum absolute atomic E-state index is 0.0517. The molecular formula is C16H28F8N2O3S. The quantitative estimate of drug-likeness (QED) is 0.233. The van der Waals surface area contributed by atoms with Crippen molar-refractivity contribution in [3.05, 3.63) is 0 Å². The number of halogens is 8. The van der Waals surface area contributed by atoms with Gasteiger partial charge in [-0.2, -0.15) is 31.4 Å². The third kappa shape index (κ3) is 10.5. The molecule has 0 rings (SSSR count). The fourth-order valence-corrected chi connectivity index (χ4v) is 4.07. The van der Waals surface area contributed by atoms with Gasteiger partial charge in [0, 0.05) is 26.6 Å². The lowest BCUT2D eigenvalue weighted by Crippen LogP contribution is -2.54. The number of hydrogen-bond donors (Lipinski definition) is 2. The molecule has 0 aromatic rings. The molecule has 0 aromatic heterocycles. The normalized spacial score (nSPS) is 15.6. The highest BCUT2D eigenvalue weighted by molar-refractivity contribution is 7.89. The van der Waals surface area contributed by atoms with Crippen LogP contribution in [-0.2, 0) is 10.0 Å². The molecular weight excluding hydrogens is 452 g/mol. The van der Waals surface area contributed by atoms with Crippen molar-refractivity contribution < 1.29 is 48.7 Å². The summed E-state index contributed by atoms with van der Waals surface area (Å²) in [5.41, 5.74) is -7.71. The molecule has 0 amide bonds. The lowest BCUT2D eigenvalue weighted by atomic mass is 9.82. The summed E-state index contributed by atoms with van der Waals surface area (Å²) in [7, 11) is -2.56. The van der Waals surface area contributed by atoms with Gasteiger partial charge in [0.2, 0.25) is 10.0 Å². The smallest absolute Gasteiger partial charge is 0.314 e. The number of rotatable bonds is 13. The molecule has 0 aromatic carbocycles. The number of hydrogen-bond acceptors (Lipinski definition) is 4. The Hall–Kier alpha value is -0.730. The first-order valence-electron chi connectivity index (χ1n) is 9.09. The van der Waals surface area contributed by atoms with Crippen LogP contribution in [0.15, 0.2) is 0 Å². The van der Waals surface area contributed by atoms with E-state index in [2.05, 4.69) is 4.72 Å². The summed E-state index contributed by atoms with van der Waals surface area (Å²) in [5, 5.41) is 9.74. The molecule has 1 atom stereocenters. The lowest BCUT2D eigenvalue weighted by Gasteiger charge is -2.34. The van der Waals surface area contributed by atoms with Crippen LogP contribution in [0.3, 0.4) is 0 Å². The highest BCUT2D eigenvalue weighted by atomic mass is 32.2. The highest BCUT2D eigenvalue weighted by Crippen LogP contribution is 2.51. The monoisotopic (exact) mass is 480 g/mol. The predicted molar refractivity (Wildman–Crippen MR) is 93.9 cm³/mol. The molecule has 0 saturated carbocycles. The van der Waals surface area contributed by atoms with Crippen molar-refractivity contribution in [1.82, 2.24) is 9.79 Å². The largest absolute Gasteiger partial charge is 0.431 e. The number of alkyl halides is 8. The first kappa shape index (κ1) is 29.3. The molecule has 0 aliphatic carbocycles. The third-order valence-electron chi connectivity index (χ3n) is 4.25. The number of hydroxylamine groups is 2. The van der Waals surface area contributed by atoms with Gasteiger partial charge in [-0.3, -0.25) is 0 Å². The summed E-state index contributed by atoms with van der Waals surface area (Å²) in [4.78, 5) is 0. The third-order valence-corrected chi connectivity index (χ3v) is 5.72. The number of nitrogens with one attached hydrogen (secondary N) is 1. The Morgan fingerprint density at radius 3 is 1.83 bits per heavy atom. The number of nitrogens with zero attached hydrogens (tertiary/aromatic N) is 1. The Morgan fingerprint density at radius 2 is 1.43 bits per heavy atom. The Labute approximate surface area is 170 Å². The van der Waals surface area contributed by atoms with E-state index in [4.69, 9.17) is 5.21 Å². The van der Waals surface area contributed by atoms with Gasteiger partial charge in [0.15, 0.2) is 0 Å². The summed E-state index contributed by atoms with van der Waals surface area (Å²) < 4.78 is 131. The molecule has 0 bridgehead atoms. The van der Waals surface area contributed by atoms with Crippen LogP contribution in [0.2, 0.25) is 0 Å². The molecule has 0 fully saturated rings. The van der Waals surface area contributed by atoms with Crippen molar-refractivity contribution in [2.24, 2.45) is 5.92 Å². The van der Waals surface area contributed by atoms with Crippen LogP contribution >= 0.6 is 0 Å². The molecule has 5 nitrogen and oxygen atoms in total. The van der Waals surface area contributed by atoms with Crippen molar-refractivity contribution in [3.63, 3.8) is 0 Å². The first-order valence-corrected chi connectivity index (χ1v) is 10.7. The zero-order valence-electron chi connectivity index (χ0n) is 16.9. The van der Waals surface area contributed by atoms with Crippen LogP contribution in [0.25, 0.3) is 0 Å². The molecule has 14 heteroatoms. The SMILES string of the molecule is CN(O)CCCNS(=O)(=O)CCCC(CC(C)(C)F)CC(F)(C(F)(F)F)C(F)(F)F. The first-order chi connectivity index (χ1) is 13.2. The Bertz CT molecular complexity index is 601. The molecule has 30 heavy (non-hydrogen) atoms. The van der Waals surface area contributed by atoms with Crippen LogP contribution in [0.5, 0.6) is 0 Å². The second kappa shape index (κ2) is 10.7. The highest BCUT2D eigenvalue weighted by Gasteiger charge is 2.72. The van der Waals surface area contributed by atoms with E-state index in [1.165, 1.54) is 7.05 Å². The maximum atomic E-state index is 14.0. The van der Waals surface area contributed by atoms with Crippen molar-refractivity contribution in [2.75, 3.05) is 25.9 Å². The van der Waals surface area contributed by atoms with E-state index in [0.29, 0.717) is 0 Å². The topological polar surface area (TPSA) is 69.6 Å². The lowest BCUT2D eigenvalue weighted by molar-refractivity contribution is -0.346. The molecule has 2 N–H and O–H groups in total. The Balaban J connectivity index is 5.13. The molecule has 0 heterocycles. The van der Waals surface area contributed by atoms with Crippen LogP contribution in [0.4, 0.5) is 35.1 Å². The Morgan fingerprint density at radius 1 is 0.933 bits per heavy atom. The minimum atomic E-state index is -6.25. The van der Waals surface area contributed by atoms with Gasteiger partial charge in [0.25, 0.3) is 5.67 Å². The summed E-state index contributed by atoms with van der Waals surface area (Å²) in [6, 6.07) is 0. The molecule has 0 aliphatic heterocycles. The van der Waals surface area contributed by atoms with E-state index >= 15 is 0 Å². The van der Waals surface area contributed by atoms with Gasteiger partial charge in [-0.25, -0.2) is 21.9 Å². The number of sulfonamides is 1. The second-order valence-electron chi connectivity index (χ2n) is 7.88. The molecule has 0 spiro atoms. The van der Waals surface area contributed by atoms with Crippen molar-refractivity contribution in [3.8, 4) is 0 Å². The maximum absolute atomic E-state index is 14.0. The van der Waals surface area contributed by atoms with Gasteiger partial charge in [0.05, 0.1) is 5.75 Å².